The average Bonchev–Trinajstić information content (AvgIpc) is 2.42. The first-order valence-corrected chi connectivity index (χ1v) is 5.81. The van der Waals surface area contributed by atoms with Crippen LogP contribution in [0.3, 0.4) is 0 Å². The summed E-state index contributed by atoms with van der Waals surface area (Å²) in [6, 6.07) is 7.41. The van der Waals surface area contributed by atoms with E-state index in [-0.39, 0.29) is 5.91 Å². The molecule has 6 heteroatoms. The van der Waals surface area contributed by atoms with Crippen LogP contribution >= 0.6 is 0 Å². The highest BCUT2D eigenvalue weighted by Crippen LogP contribution is 2.04. The van der Waals surface area contributed by atoms with Gasteiger partial charge in [-0.2, -0.15) is 5.26 Å². The number of carbonyl (C=O) groups excluding carboxylic acids is 1. The van der Waals surface area contributed by atoms with Crippen LogP contribution < -0.4 is 11.1 Å². The number of hydrogen-bond donors (Lipinski definition) is 3. The van der Waals surface area contributed by atoms with E-state index in [1.807, 2.05) is 6.07 Å². The smallest absolute Gasteiger partial charge is 0.320 e. The number of benzene rings is 1. The van der Waals surface area contributed by atoms with E-state index in [0.29, 0.717) is 30.5 Å². The number of carbonyl (C=O) groups is 2. The predicted molar refractivity (Wildman–Crippen MR) is 68.3 cm³/mol. The SMILES string of the molecule is N#Cc1cccc(C(=O)NCCC[C@H](N)C(=O)O)c1. The molecule has 0 saturated carbocycles. The minimum absolute atomic E-state index is 0.291. The fourth-order valence-corrected chi connectivity index (χ4v) is 1.48. The number of rotatable bonds is 6. The molecule has 0 aromatic heterocycles. The van der Waals surface area contributed by atoms with Crippen molar-refractivity contribution in [3.05, 3.63) is 35.4 Å². The third-order valence-corrected chi connectivity index (χ3v) is 2.55. The number of carboxylic acid groups (broad SMARTS) is 1. The van der Waals surface area contributed by atoms with E-state index in [4.69, 9.17) is 16.1 Å². The fraction of sp³-hybridized carbons (Fsp3) is 0.308. The molecule has 1 amide bonds. The Labute approximate surface area is 110 Å². The van der Waals surface area contributed by atoms with Crippen molar-refractivity contribution in [2.24, 2.45) is 5.73 Å². The van der Waals surface area contributed by atoms with Crippen molar-refractivity contribution in [3.63, 3.8) is 0 Å². The van der Waals surface area contributed by atoms with Gasteiger partial charge in [0, 0.05) is 12.1 Å². The number of hydrogen-bond acceptors (Lipinski definition) is 4. The first-order chi connectivity index (χ1) is 9.04. The van der Waals surface area contributed by atoms with Crippen molar-refractivity contribution in [2.45, 2.75) is 18.9 Å². The topological polar surface area (TPSA) is 116 Å². The number of nitrogens with zero attached hydrogens (tertiary/aromatic N) is 1. The van der Waals surface area contributed by atoms with Crippen LogP contribution in [0.15, 0.2) is 24.3 Å². The molecule has 0 aliphatic carbocycles. The number of carboxylic acids is 1. The van der Waals surface area contributed by atoms with Crippen molar-refractivity contribution in [1.82, 2.24) is 5.32 Å². The molecule has 6 nitrogen and oxygen atoms in total. The van der Waals surface area contributed by atoms with Crippen LogP contribution in [0, 0.1) is 11.3 Å². The van der Waals surface area contributed by atoms with E-state index in [9.17, 15) is 9.59 Å². The minimum Gasteiger partial charge on any atom is -0.480 e. The Balaban J connectivity index is 2.39. The summed E-state index contributed by atoms with van der Waals surface area (Å²) < 4.78 is 0. The van der Waals surface area contributed by atoms with Crippen LogP contribution in [0.4, 0.5) is 0 Å². The molecule has 4 N–H and O–H groups in total. The van der Waals surface area contributed by atoms with Crippen LogP contribution in [0.5, 0.6) is 0 Å². The molecular formula is C13H15N3O3. The van der Waals surface area contributed by atoms with Gasteiger partial charge in [0.2, 0.25) is 0 Å². The van der Waals surface area contributed by atoms with Crippen LogP contribution in [0.2, 0.25) is 0 Å². The lowest BCUT2D eigenvalue weighted by atomic mass is 10.1. The van der Waals surface area contributed by atoms with Gasteiger partial charge >= 0.3 is 5.97 Å². The van der Waals surface area contributed by atoms with Crippen LogP contribution in [0.1, 0.15) is 28.8 Å². The van der Waals surface area contributed by atoms with Crippen molar-refractivity contribution in [2.75, 3.05) is 6.54 Å². The summed E-state index contributed by atoms with van der Waals surface area (Å²) in [5, 5.41) is 20.0. The summed E-state index contributed by atoms with van der Waals surface area (Å²) in [5.74, 6) is -1.34. The average molecular weight is 261 g/mol. The van der Waals surface area contributed by atoms with Crippen molar-refractivity contribution in [1.29, 1.82) is 5.26 Å². The van der Waals surface area contributed by atoms with E-state index in [1.54, 1.807) is 18.2 Å². The molecule has 1 atom stereocenters. The summed E-state index contributed by atoms with van der Waals surface area (Å²) in [5.41, 5.74) is 6.16. The minimum atomic E-state index is -1.05. The zero-order chi connectivity index (χ0) is 14.3. The standard InChI is InChI=1S/C13H15N3O3/c14-8-9-3-1-4-10(7-9)12(17)16-6-2-5-11(15)13(18)19/h1,3-4,7,11H,2,5-6,15H2,(H,16,17)(H,18,19)/t11-/m0/s1. The summed E-state index contributed by atoms with van der Waals surface area (Å²) in [4.78, 5) is 22.2. The molecule has 0 spiro atoms. The molecule has 0 aliphatic rings. The zero-order valence-electron chi connectivity index (χ0n) is 10.3. The van der Waals surface area contributed by atoms with Gasteiger partial charge in [-0.15, -0.1) is 0 Å². The molecule has 1 rings (SSSR count). The predicted octanol–water partition coefficient (Wildman–Crippen LogP) is 0.480. The van der Waals surface area contributed by atoms with E-state index in [1.165, 1.54) is 6.07 Å². The molecule has 1 aromatic rings. The molecule has 1 aromatic carbocycles. The highest BCUT2D eigenvalue weighted by Gasteiger charge is 2.11. The monoisotopic (exact) mass is 261 g/mol. The van der Waals surface area contributed by atoms with E-state index >= 15 is 0 Å². The fourth-order valence-electron chi connectivity index (χ4n) is 1.48. The van der Waals surface area contributed by atoms with Gasteiger partial charge in [0.25, 0.3) is 5.91 Å². The van der Waals surface area contributed by atoms with Gasteiger partial charge < -0.3 is 16.2 Å². The van der Waals surface area contributed by atoms with Gasteiger partial charge in [-0.3, -0.25) is 9.59 Å². The highest BCUT2D eigenvalue weighted by molar-refractivity contribution is 5.94. The van der Waals surface area contributed by atoms with Crippen molar-refractivity contribution >= 4 is 11.9 Å². The van der Waals surface area contributed by atoms with Gasteiger partial charge in [-0.05, 0) is 31.0 Å². The molecule has 0 aliphatic heterocycles. The zero-order valence-corrected chi connectivity index (χ0v) is 10.3. The molecule has 0 radical (unpaired) electrons. The normalized spacial score (nSPS) is 11.4. The maximum Gasteiger partial charge on any atom is 0.320 e. The third-order valence-electron chi connectivity index (χ3n) is 2.55. The highest BCUT2D eigenvalue weighted by atomic mass is 16.4. The van der Waals surface area contributed by atoms with Crippen LogP contribution in [-0.2, 0) is 4.79 Å². The van der Waals surface area contributed by atoms with Gasteiger partial charge in [0.05, 0.1) is 11.6 Å². The summed E-state index contributed by atoms with van der Waals surface area (Å²) >= 11 is 0. The lowest BCUT2D eigenvalue weighted by Gasteiger charge is -2.07. The van der Waals surface area contributed by atoms with E-state index in [2.05, 4.69) is 5.32 Å². The lowest BCUT2D eigenvalue weighted by Crippen LogP contribution is -2.32. The number of amides is 1. The van der Waals surface area contributed by atoms with Gasteiger partial charge in [0.1, 0.15) is 6.04 Å². The Morgan fingerprint density at radius 2 is 2.21 bits per heavy atom. The molecule has 0 fully saturated rings. The summed E-state index contributed by atoms with van der Waals surface area (Å²) in [6.45, 7) is 0.344. The Morgan fingerprint density at radius 1 is 1.47 bits per heavy atom. The molecule has 19 heavy (non-hydrogen) atoms. The number of aliphatic carboxylic acids is 1. The molecule has 100 valence electrons. The summed E-state index contributed by atoms with van der Waals surface area (Å²) in [7, 11) is 0. The number of nitrogens with two attached hydrogens (primary N) is 1. The second-order valence-corrected chi connectivity index (χ2v) is 4.04. The van der Waals surface area contributed by atoms with Crippen LogP contribution in [-0.4, -0.2) is 29.6 Å². The molecule has 0 saturated heterocycles. The molecule has 0 bridgehead atoms. The Kier molecular flexibility index (Phi) is 5.51. The maximum absolute atomic E-state index is 11.7. The second-order valence-electron chi connectivity index (χ2n) is 4.04. The van der Waals surface area contributed by atoms with E-state index in [0.717, 1.165) is 0 Å². The second kappa shape index (κ2) is 7.13. The first kappa shape index (κ1) is 14.7. The Morgan fingerprint density at radius 3 is 2.84 bits per heavy atom. The lowest BCUT2D eigenvalue weighted by molar-refractivity contribution is -0.138. The quantitative estimate of drug-likeness (QED) is 0.644. The molecule has 0 unspecified atom stereocenters. The number of nitriles is 1. The Hall–Kier alpha value is -2.39. The van der Waals surface area contributed by atoms with Gasteiger partial charge in [-0.1, -0.05) is 6.07 Å². The van der Waals surface area contributed by atoms with Gasteiger partial charge in [-0.25, -0.2) is 0 Å². The van der Waals surface area contributed by atoms with Crippen LogP contribution in [0.25, 0.3) is 0 Å². The number of nitrogens with one attached hydrogen (secondary N) is 1. The first-order valence-electron chi connectivity index (χ1n) is 5.81. The summed E-state index contributed by atoms with van der Waals surface area (Å²) in [6.07, 6.45) is 0.783. The molecular weight excluding hydrogens is 246 g/mol. The Bertz CT molecular complexity index is 508. The van der Waals surface area contributed by atoms with Crippen molar-refractivity contribution in [3.8, 4) is 6.07 Å². The third kappa shape index (κ3) is 4.77. The largest absolute Gasteiger partial charge is 0.480 e. The maximum atomic E-state index is 11.7. The van der Waals surface area contributed by atoms with E-state index < -0.39 is 12.0 Å². The molecule has 0 heterocycles. The van der Waals surface area contributed by atoms with Gasteiger partial charge in [0.15, 0.2) is 0 Å². The van der Waals surface area contributed by atoms with Crippen molar-refractivity contribution < 1.29 is 14.7 Å².